The van der Waals surface area contributed by atoms with Crippen molar-refractivity contribution in [2.75, 3.05) is 0 Å². The first-order valence-electron chi connectivity index (χ1n) is 3.07. The Morgan fingerprint density at radius 2 is 2.67 bits per heavy atom. The first kappa shape index (κ1) is 4.99. The van der Waals surface area contributed by atoms with Gasteiger partial charge in [0.15, 0.2) is 0 Å². The van der Waals surface area contributed by atoms with Crippen molar-refractivity contribution in [3.05, 3.63) is 18.2 Å². The van der Waals surface area contributed by atoms with Gasteiger partial charge in [-0.2, -0.15) is 0 Å². The molecule has 0 bridgehead atoms. The molecule has 0 aliphatic carbocycles. The van der Waals surface area contributed by atoms with Crippen molar-refractivity contribution in [3.63, 3.8) is 0 Å². The molecule has 2 rings (SSSR count). The number of imidazole rings is 1. The molecule has 3 nitrogen and oxygen atoms in total. The molecule has 3 heteroatoms. The molecule has 0 saturated heterocycles. The van der Waals surface area contributed by atoms with Gasteiger partial charge in [-0.1, -0.05) is 0 Å². The van der Waals surface area contributed by atoms with E-state index in [0.717, 1.165) is 18.5 Å². The summed E-state index contributed by atoms with van der Waals surface area (Å²) in [5.41, 5.74) is 1.14. The lowest BCUT2D eigenvalue weighted by Gasteiger charge is -2.01. The number of fused-ring (bicyclic) bond motifs is 1. The number of hydrogen-bond acceptors (Lipinski definition) is 2. The normalized spacial score (nSPS) is 24.3. The fraction of sp³-hybridized carbons (Fsp3) is 0.500. The van der Waals surface area contributed by atoms with Crippen LogP contribution in [0.4, 0.5) is 0 Å². The highest BCUT2D eigenvalue weighted by Gasteiger charge is 2.17. The number of aliphatic hydroxyl groups is 1. The third-order valence-corrected chi connectivity index (χ3v) is 1.73. The Labute approximate surface area is 53.0 Å². The molecule has 1 unspecified atom stereocenters. The molecular weight excluding hydrogens is 116 g/mol. The molecule has 1 atom stereocenters. The zero-order valence-corrected chi connectivity index (χ0v) is 4.99. The third-order valence-electron chi connectivity index (χ3n) is 1.73. The molecule has 1 aromatic heterocycles. The summed E-state index contributed by atoms with van der Waals surface area (Å²) in [6.07, 6.45) is 4.96. The van der Waals surface area contributed by atoms with Crippen molar-refractivity contribution < 1.29 is 5.11 Å². The maximum Gasteiger partial charge on any atom is 0.132 e. The van der Waals surface area contributed by atoms with Crippen molar-refractivity contribution in [1.29, 1.82) is 0 Å². The van der Waals surface area contributed by atoms with Gasteiger partial charge in [0, 0.05) is 11.9 Å². The van der Waals surface area contributed by atoms with Gasteiger partial charge in [-0.05, 0) is 12.8 Å². The highest BCUT2D eigenvalue weighted by molar-refractivity contribution is 5.03. The third kappa shape index (κ3) is 0.580. The van der Waals surface area contributed by atoms with Gasteiger partial charge < -0.3 is 9.67 Å². The standard InChI is InChI=1S/C6H8N2O/c9-6-2-1-5-3-7-4-8(5)6/h3-4,6,9H,1-2H2. The molecule has 9 heavy (non-hydrogen) atoms. The quantitative estimate of drug-likeness (QED) is 0.541. The zero-order chi connectivity index (χ0) is 6.27. The first-order valence-corrected chi connectivity index (χ1v) is 3.07. The molecule has 48 valence electrons. The first-order chi connectivity index (χ1) is 4.38. The van der Waals surface area contributed by atoms with E-state index in [2.05, 4.69) is 4.98 Å². The molecule has 1 aliphatic heterocycles. The monoisotopic (exact) mass is 124 g/mol. The van der Waals surface area contributed by atoms with Gasteiger partial charge >= 0.3 is 0 Å². The summed E-state index contributed by atoms with van der Waals surface area (Å²) in [5.74, 6) is 0. The summed E-state index contributed by atoms with van der Waals surface area (Å²) in [6.45, 7) is 0. The smallest absolute Gasteiger partial charge is 0.132 e. The van der Waals surface area contributed by atoms with Gasteiger partial charge in [0.1, 0.15) is 6.23 Å². The number of hydrogen-bond donors (Lipinski definition) is 1. The average molecular weight is 124 g/mol. The Morgan fingerprint density at radius 3 is 3.44 bits per heavy atom. The van der Waals surface area contributed by atoms with Crippen LogP contribution in [-0.4, -0.2) is 14.7 Å². The van der Waals surface area contributed by atoms with Crippen LogP contribution < -0.4 is 0 Å². The number of nitrogens with zero attached hydrogens (tertiary/aromatic N) is 2. The van der Waals surface area contributed by atoms with Crippen LogP contribution in [0, 0.1) is 0 Å². The van der Waals surface area contributed by atoms with E-state index in [1.807, 2.05) is 0 Å². The maximum atomic E-state index is 9.19. The summed E-state index contributed by atoms with van der Waals surface area (Å²) < 4.78 is 1.81. The summed E-state index contributed by atoms with van der Waals surface area (Å²) in [7, 11) is 0. The Balaban J connectivity index is 2.49. The van der Waals surface area contributed by atoms with Crippen molar-refractivity contribution in [2.45, 2.75) is 19.1 Å². The van der Waals surface area contributed by atoms with Crippen molar-refractivity contribution >= 4 is 0 Å². The van der Waals surface area contributed by atoms with E-state index in [1.165, 1.54) is 0 Å². The second-order valence-corrected chi connectivity index (χ2v) is 2.31. The van der Waals surface area contributed by atoms with Crippen LogP contribution in [0.3, 0.4) is 0 Å². The van der Waals surface area contributed by atoms with E-state index in [-0.39, 0.29) is 6.23 Å². The SMILES string of the molecule is OC1CCc2cncn21. The van der Waals surface area contributed by atoms with E-state index in [9.17, 15) is 5.11 Å². The molecule has 0 radical (unpaired) electrons. The fourth-order valence-corrected chi connectivity index (χ4v) is 1.21. The fourth-order valence-electron chi connectivity index (χ4n) is 1.21. The molecule has 1 aliphatic rings. The number of aromatic nitrogens is 2. The van der Waals surface area contributed by atoms with E-state index < -0.39 is 0 Å². The molecule has 1 N–H and O–H groups in total. The predicted molar refractivity (Wildman–Crippen MR) is 31.8 cm³/mol. The molecule has 0 amide bonds. The maximum absolute atomic E-state index is 9.19. The average Bonchev–Trinajstić information content (AvgIpc) is 2.35. The van der Waals surface area contributed by atoms with E-state index in [1.54, 1.807) is 17.1 Å². The van der Waals surface area contributed by atoms with Gasteiger partial charge in [0.05, 0.1) is 6.33 Å². The van der Waals surface area contributed by atoms with E-state index in [0.29, 0.717) is 0 Å². The largest absolute Gasteiger partial charge is 0.373 e. The Morgan fingerprint density at radius 1 is 1.78 bits per heavy atom. The van der Waals surface area contributed by atoms with Crippen molar-refractivity contribution in [2.24, 2.45) is 0 Å². The second-order valence-electron chi connectivity index (χ2n) is 2.31. The van der Waals surface area contributed by atoms with Crippen LogP contribution in [0.5, 0.6) is 0 Å². The molecule has 2 heterocycles. The second kappa shape index (κ2) is 1.57. The Hall–Kier alpha value is -0.830. The molecule has 1 aromatic rings. The van der Waals surface area contributed by atoms with Crippen LogP contribution in [0.25, 0.3) is 0 Å². The summed E-state index contributed by atoms with van der Waals surface area (Å²) in [6, 6.07) is 0. The lowest BCUT2D eigenvalue weighted by molar-refractivity contribution is 0.113. The summed E-state index contributed by atoms with van der Waals surface area (Å²) in [4.78, 5) is 3.90. The molecule has 0 aromatic carbocycles. The number of rotatable bonds is 0. The van der Waals surface area contributed by atoms with Crippen LogP contribution >= 0.6 is 0 Å². The Kier molecular flexibility index (Phi) is 0.873. The van der Waals surface area contributed by atoms with Crippen molar-refractivity contribution in [1.82, 2.24) is 9.55 Å². The van der Waals surface area contributed by atoms with E-state index in [4.69, 9.17) is 0 Å². The summed E-state index contributed by atoms with van der Waals surface area (Å²) in [5, 5.41) is 9.19. The minimum atomic E-state index is -0.317. The van der Waals surface area contributed by atoms with Gasteiger partial charge in [-0.15, -0.1) is 0 Å². The number of aliphatic hydroxyl groups excluding tert-OH is 1. The van der Waals surface area contributed by atoms with Crippen LogP contribution in [0.1, 0.15) is 18.3 Å². The minimum Gasteiger partial charge on any atom is -0.373 e. The van der Waals surface area contributed by atoms with Crippen LogP contribution in [-0.2, 0) is 6.42 Å². The van der Waals surface area contributed by atoms with Gasteiger partial charge in [0.25, 0.3) is 0 Å². The van der Waals surface area contributed by atoms with Crippen LogP contribution in [0.15, 0.2) is 12.5 Å². The van der Waals surface area contributed by atoms with Gasteiger partial charge in [-0.25, -0.2) is 4.98 Å². The van der Waals surface area contributed by atoms with Crippen molar-refractivity contribution in [3.8, 4) is 0 Å². The van der Waals surface area contributed by atoms with Gasteiger partial charge in [0.2, 0.25) is 0 Å². The van der Waals surface area contributed by atoms with Crippen LogP contribution in [0.2, 0.25) is 0 Å². The zero-order valence-electron chi connectivity index (χ0n) is 4.99. The molecule has 0 fully saturated rings. The lowest BCUT2D eigenvalue weighted by atomic mass is 10.3. The number of aryl methyl sites for hydroxylation is 1. The topological polar surface area (TPSA) is 38.1 Å². The lowest BCUT2D eigenvalue weighted by Crippen LogP contribution is -1.99. The predicted octanol–water partition coefficient (Wildman–Crippen LogP) is 0.320. The minimum absolute atomic E-state index is 0.317. The van der Waals surface area contributed by atoms with E-state index >= 15 is 0 Å². The summed E-state index contributed by atoms with van der Waals surface area (Å²) >= 11 is 0. The highest BCUT2D eigenvalue weighted by atomic mass is 16.3. The molecule has 0 saturated carbocycles. The molecule has 0 spiro atoms. The van der Waals surface area contributed by atoms with Gasteiger partial charge in [-0.3, -0.25) is 0 Å². The molecular formula is C6H8N2O. The Bertz CT molecular complexity index is 219. The highest BCUT2D eigenvalue weighted by Crippen LogP contribution is 2.21.